The number of amidine groups is 1. The summed E-state index contributed by atoms with van der Waals surface area (Å²) in [6, 6.07) is 8.70. The van der Waals surface area contributed by atoms with E-state index in [0.29, 0.717) is 0 Å². The van der Waals surface area contributed by atoms with E-state index in [1.807, 2.05) is 0 Å². The second-order valence-corrected chi connectivity index (χ2v) is 5.55. The van der Waals surface area contributed by atoms with Crippen molar-refractivity contribution in [2.24, 2.45) is 10.1 Å². The number of aromatic nitrogens is 1. The smallest absolute Gasteiger partial charge is 0.465 e. The molecule has 6 nitrogen and oxygen atoms in total. The van der Waals surface area contributed by atoms with Gasteiger partial charge in [0, 0.05) is 24.4 Å². The number of aryl methyl sites for hydroxylation is 1. The number of quaternary nitrogens is 1. The fraction of sp³-hybridized carbons (Fsp3) is 0.176. The van der Waals surface area contributed by atoms with E-state index in [9.17, 15) is 18.0 Å². The van der Waals surface area contributed by atoms with Crippen molar-refractivity contribution in [3.8, 4) is 0 Å². The zero-order chi connectivity index (χ0) is 18.9. The van der Waals surface area contributed by atoms with Crippen LogP contribution in [-0.2, 0) is 4.74 Å². The number of methoxy groups -OCH3 is 1. The Morgan fingerprint density at radius 2 is 1.96 bits per heavy atom. The largest absolute Gasteiger partial charge is 0.490 e. The lowest BCUT2D eigenvalue weighted by atomic mass is 10.1. The van der Waals surface area contributed by atoms with Crippen LogP contribution in [0, 0.1) is 6.92 Å². The molecule has 1 aromatic carbocycles. The Hall–Kier alpha value is -3.07. The SMILES string of the molecule is COC(=O)c1cccc([N+]2(c3ccc(C)cn3)N=CN=C2C(F)(F)F)c1. The van der Waals surface area contributed by atoms with E-state index in [-0.39, 0.29) is 17.1 Å². The van der Waals surface area contributed by atoms with Crippen LogP contribution in [0.15, 0.2) is 52.7 Å². The predicted molar refractivity (Wildman–Crippen MR) is 90.2 cm³/mol. The zero-order valence-corrected chi connectivity index (χ0v) is 13.9. The van der Waals surface area contributed by atoms with Gasteiger partial charge in [-0.05, 0) is 24.6 Å². The van der Waals surface area contributed by atoms with Gasteiger partial charge < -0.3 is 4.74 Å². The van der Waals surface area contributed by atoms with E-state index in [1.54, 1.807) is 13.0 Å². The Morgan fingerprint density at radius 3 is 2.58 bits per heavy atom. The molecule has 1 atom stereocenters. The van der Waals surface area contributed by atoms with Crippen molar-refractivity contribution in [3.63, 3.8) is 0 Å². The Bertz CT molecular complexity index is 907. The van der Waals surface area contributed by atoms with E-state index in [1.165, 1.54) is 43.6 Å². The number of carbonyl (C=O) groups is 1. The van der Waals surface area contributed by atoms with Gasteiger partial charge in [-0.15, -0.1) is 0 Å². The molecule has 1 unspecified atom stereocenters. The summed E-state index contributed by atoms with van der Waals surface area (Å²) in [6.45, 7) is 1.77. The maximum atomic E-state index is 13.7. The summed E-state index contributed by atoms with van der Waals surface area (Å²) >= 11 is 0. The van der Waals surface area contributed by atoms with Gasteiger partial charge in [-0.3, -0.25) is 0 Å². The second kappa shape index (κ2) is 6.34. The van der Waals surface area contributed by atoms with Gasteiger partial charge >= 0.3 is 18.0 Å². The third-order valence-corrected chi connectivity index (χ3v) is 3.83. The molecule has 0 bridgehead atoms. The van der Waals surface area contributed by atoms with Gasteiger partial charge in [0.1, 0.15) is 0 Å². The quantitative estimate of drug-likeness (QED) is 0.617. The van der Waals surface area contributed by atoms with Gasteiger partial charge in [-0.2, -0.15) is 18.2 Å². The number of carbonyl (C=O) groups excluding carboxylic acids is 1. The number of benzene rings is 1. The first kappa shape index (κ1) is 17.7. The van der Waals surface area contributed by atoms with Crippen LogP contribution in [0.1, 0.15) is 15.9 Å². The predicted octanol–water partition coefficient (Wildman–Crippen LogP) is 3.73. The van der Waals surface area contributed by atoms with Crippen LogP contribution in [0.5, 0.6) is 0 Å². The average Bonchev–Trinajstić information content (AvgIpc) is 3.08. The van der Waals surface area contributed by atoms with E-state index in [4.69, 9.17) is 0 Å². The molecule has 1 aromatic heterocycles. The molecule has 1 aliphatic rings. The summed E-state index contributed by atoms with van der Waals surface area (Å²) in [5.41, 5.74) is 0.941. The zero-order valence-electron chi connectivity index (χ0n) is 13.9. The van der Waals surface area contributed by atoms with E-state index in [0.717, 1.165) is 11.9 Å². The van der Waals surface area contributed by atoms with Gasteiger partial charge in [0.2, 0.25) is 0 Å². The van der Waals surface area contributed by atoms with Crippen LogP contribution in [0.4, 0.5) is 24.7 Å². The van der Waals surface area contributed by atoms with Gasteiger partial charge in [0.05, 0.1) is 12.7 Å². The maximum absolute atomic E-state index is 13.7. The van der Waals surface area contributed by atoms with Crippen molar-refractivity contribution in [3.05, 3.63) is 53.7 Å². The molecule has 0 N–H and O–H groups in total. The highest BCUT2D eigenvalue weighted by Crippen LogP contribution is 2.41. The number of aliphatic imine (C=N–C) groups is 1. The van der Waals surface area contributed by atoms with Crippen LogP contribution in [0.2, 0.25) is 0 Å². The van der Waals surface area contributed by atoms with Gasteiger partial charge in [-0.25, -0.2) is 9.78 Å². The summed E-state index contributed by atoms with van der Waals surface area (Å²) in [4.78, 5) is 19.4. The molecule has 0 aliphatic carbocycles. The van der Waals surface area contributed by atoms with Crippen LogP contribution in [-0.4, -0.2) is 36.4 Å². The number of pyridine rings is 1. The number of esters is 1. The van der Waals surface area contributed by atoms with Crippen molar-refractivity contribution in [2.45, 2.75) is 13.1 Å². The van der Waals surface area contributed by atoms with Crippen molar-refractivity contribution >= 4 is 29.6 Å². The molecule has 134 valence electrons. The number of nitrogens with zero attached hydrogens (tertiary/aromatic N) is 4. The average molecular weight is 363 g/mol. The standard InChI is InChI=1S/C17H14F3N4O2/c1-11-6-7-14(21-9-11)24(16(17(18,19)20)22-10-23-24)13-5-3-4-12(8-13)15(25)26-2/h3-10H,1-2H3/q+1. The van der Waals surface area contributed by atoms with Crippen molar-refractivity contribution in [2.75, 3.05) is 7.11 Å². The molecular weight excluding hydrogens is 349 g/mol. The Balaban J connectivity index is 2.27. The molecule has 0 saturated heterocycles. The Labute approximate surface area is 146 Å². The van der Waals surface area contributed by atoms with Crippen molar-refractivity contribution in [1.29, 1.82) is 0 Å². The first-order valence-corrected chi connectivity index (χ1v) is 7.50. The first-order chi connectivity index (χ1) is 12.3. The number of halogens is 3. The van der Waals surface area contributed by atoms with Gasteiger partial charge in [0.15, 0.2) is 12.0 Å². The molecular formula is C17H14F3N4O2+. The van der Waals surface area contributed by atoms with Crippen molar-refractivity contribution in [1.82, 2.24) is 9.58 Å². The van der Waals surface area contributed by atoms with Crippen LogP contribution >= 0.6 is 0 Å². The molecule has 2 aromatic rings. The summed E-state index contributed by atoms with van der Waals surface area (Å²) in [5, 5.41) is 3.99. The Kier molecular flexibility index (Phi) is 4.33. The number of hydrogen-bond acceptors (Lipinski definition) is 5. The number of alkyl halides is 3. The van der Waals surface area contributed by atoms with E-state index < -0.39 is 22.6 Å². The highest BCUT2D eigenvalue weighted by atomic mass is 19.4. The highest BCUT2D eigenvalue weighted by molar-refractivity contribution is 6.08. The van der Waals surface area contributed by atoms with Crippen LogP contribution < -0.4 is 4.59 Å². The summed E-state index contributed by atoms with van der Waals surface area (Å²) in [5.74, 6) is -1.84. The van der Waals surface area contributed by atoms with Crippen LogP contribution in [0.3, 0.4) is 0 Å². The molecule has 0 spiro atoms. The lowest BCUT2D eigenvalue weighted by Gasteiger charge is -2.27. The lowest BCUT2D eigenvalue weighted by Crippen LogP contribution is -2.50. The highest BCUT2D eigenvalue weighted by Gasteiger charge is 2.58. The molecule has 0 saturated carbocycles. The molecule has 0 fully saturated rings. The minimum absolute atomic E-state index is 0.00226. The lowest BCUT2D eigenvalue weighted by molar-refractivity contribution is -0.0656. The molecule has 9 heteroatoms. The monoisotopic (exact) mass is 363 g/mol. The second-order valence-electron chi connectivity index (χ2n) is 5.55. The molecule has 2 heterocycles. The summed E-state index contributed by atoms with van der Waals surface area (Å²) in [6.07, 6.45) is -2.47. The Morgan fingerprint density at radius 1 is 1.19 bits per heavy atom. The normalized spacial score (nSPS) is 19.3. The number of hydrogen-bond donors (Lipinski definition) is 0. The van der Waals surface area contributed by atoms with Gasteiger partial charge in [-0.1, -0.05) is 15.8 Å². The summed E-state index contributed by atoms with van der Waals surface area (Å²) in [7, 11) is 1.19. The maximum Gasteiger partial charge on any atom is 0.490 e. The first-order valence-electron chi connectivity index (χ1n) is 7.50. The minimum atomic E-state index is -4.76. The topological polar surface area (TPSA) is 63.9 Å². The van der Waals surface area contributed by atoms with E-state index >= 15 is 0 Å². The molecule has 26 heavy (non-hydrogen) atoms. The number of rotatable bonds is 3. The third kappa shape index (κ3) is 2.86. The minimum Gasteiger partial charge on any atom is -0.465 e. The third-order valence-electron chi connectivity index (χ3n) is 3.83. The summed E-state index contributed by atoms with van der Waals surface area (Å²) < 4.78 is 44.6. The van der Waals surface area contributed by atoms with Crippen LogP contribution in [0.25, 0.3) is 0 Å². The van der Waals surface area contributed by atoms with Gasteiger partial charge in [0.25, 0.3) is 5.82 Å². The van der Waals surface area contributed by atoms with E-state index in [2.05, 4.69) is 19.8 Å². The molecule has 0 amide bonds. The van der Waals surface area contributed by atoms with Crippen molar-refractivity contribution < 1.29 is 22.7 Å². The molecule has 1 aliphatic heterocycles. The molecule has 3 rings (SSSR count). The fourth-order valence-corrected chi connectivity index (χ4v) is 2.65. The number of ether oxygens (including phenoxy) is 1. The fourth-order valence-electron chi connectivity index (χ4n) is 2.65. The molecule has 0 radical (unpaired) electrons.